The quantitative estimate of drug-likeness (QED) is 0.328. The average molecular weight is 258 g/mol. The summed E-state index contributed by atoms with van der Waals surface area (Å²) in [4.78, 5) is 11.1. The molecular weight excluding hydrogens is 249 g/mol. The van der Waals surface area contributed by atoms with E-state index < -0.39 is 15.6 Å². The summed E-state index contributed by atoms with van der Waals surface area (Å²) in [7, 11) is -5.65. The number of allylic oxidation sites excluding steroid dienone is 1. The van der Waals surface area contributed by atoms with Crippen molar-refractivity contribution < 1.29 is 30.6 Å². The fraction of sp³-hybridized carbons (Fsp3) is 0.625. The summed E-state index contributed by atoms with van der Waals surface area (Å²) in [6.07, 6.45) is 2.13. The molecule has 8 heteroatoms. The van der Waals surface area contributed by atoms with Gasteiger partial charge in [-0.1, -0.05) is 0 Å². The van der Waals surface area contributed by atoms with Gasteiger partial charge >= 0.3 is 15.6 Å². The molecule has 0 saturated heterocycles. The van der Waals surface area contributed by atoms with Crippen LogP contribution in [-0.4, -0.2) is 19.7 Å². The highest BCUT2D eigenvalue weighted by Crippen LogP contribution is 2.26. The molecule has 92 valence electrons. The summed E-state index contributed by atoms with van der Waals surface area (Å²) in [6.45, 7) is 0. The average Bonchev–Trinajstić information content (AvgIpc) is 2.15. The van der Waals surface area contributed by atoms with Crippen molar-refractivity contribution >= 4 is 15.9 Å². The maximum absolute atomic E-state index is 11.9. The third kappa shape index (κ3) is 2.97. The first kappa shape index (κ1) is 13.0. The molecule has 0 aromatic heterocycles. The Labute approximate surface area is 90.2 Å². The van der Waals surface area contributed by atoms with Gasteiger partial charge in [0.1, 0.15) is 6.26 Å². The molecule has 0 spiro atoms. The minimum absolute atomic E-state index is 0.0147. The van der Waals surface area contributed by atoms with Crippen LogP contribution in [0, 0.1) is 0 Å². The van der Waals surface area contributed by atoms with Gasteiger partial charge in [-0.25, -0.2) is 0 Å². The zero-order chi connectivity index (χ0) is 12.4. The normalized spacial score (nSPS) is 21.2. The lowest BCUT2D eigenvalue weighted by Crippen LogP contribution is -2.24. The van der Waals surface area contributed by atoms with Crippen LogP contribution in [0.4, 0.5) is 13.2 Å². The maximum atomic E-state index is 11.9. The van der Waals surface area contributed by atoms with E-state index in [0.717, 1.165) is 0 Å². The molecule has 0 amide bonds. The standard InChI is InChI=1S/C8H9F3O4S/c9-8(10,11)16(13,14)15-5-6-3-1-2-4-7(6)12/h5H,1-4H2/b6-5-. The first-order chi connectivity index (χ1) is 7.24. The highest BCUT2D eigenvalue weighted by atomic mass is 32.2. The predicted octanol–water partition coefficient (Wildman–Crippen LogP) is 1.88. The molecule has 1 aliphatic rings. The molecule has 0 heterocycles. The summed E-state index contributed by atoms with van der Waals surface area (Å²) >= 11 is 0. The summed E-state index contributed by atoms with van der Waals surface area (Å²) in [5.74, 6) is -0.372. The van der Waals surface area contributed by atoms with E-state index in [1.807, 2.05) is 0 Å². The molecule has 0 aromatic rings. The van der Waals surface area contributed by atoms with Gasteiger partial charge in [0.25, 0.3) is 0 Å². The van der Waals surface area contributed by atoms with Crippen LogP contribution >= 0.6 is 0 Å². The van der Waals surface area contributed by atoms with Crippen molar-refractivity contribution in [3.05, 3.63) is 11.8 Å². The van der Waals surface area contributed by atoms with E-state index in [2.05, 4.69) is 4.18 Å². The third-order valence-corrected chi connectivity index (χ3v) is 2.98. The molecule has 1 rings (SSSR count). The molecule has 1 aliphatic carbocycles. The highest BCUT2D eigenvalue weighted by molar-refractivity contribution is 7.87. The van der Waals surface area contributed by atoms with E-state index in [4.69, 9.17) is 0 Å². The summed E-state index contributed by atoms with van der Waals surface area (Å²) in [6, 6.07) is 0. The minimum atomic E-state index is -5.65. The Morgan fingerprint density at radius 3 is 2.25 bits per heavy atom. The van der Waals surface area contributed by atoms with E-state index in [1.165, 1.54) is 0 Å². The number of hydrogen-bond acceptors (Lipinski definition) is 4. The largest absolute Gasteiger partial charge is 0.534 e. The third-order valence-electron chi connectivity index (χ3n) is 2.06. The van der Waals surface area contributed by atoms with Gasteiger partial charge in [0, 0.05) is 12.0 Å². The molecule has 16 heavy (non-hydrogen) atoms. The van der Waals surface area contributed by atoms with Crippen molar-refractivity contribution in [2.75, 3.05) is 0 Å². The molecule has 1 saturated carbocycles. The summed E-state index contributed by atoms with van der Waals surface area (Å²) in [5, 5.41) is 0. The molecule has 0 bridgehead atoms. The van der Waals surface area contributed by atoms with Crippen molar-refractivity contribution in [3.63, 3.8) is 0 Å². The molecule has 0 radical (unpaired) electrons. The van der Waals surface area contributed by atoms with Gasteiger partial charge in [-0.05, 0) is 19.3 Å². The topological polar surface area (TPSA) is 60.4 Å². The van der Waals surface area contributed by atoms with Crippen LogP contribution in [0.1, 0.15) is 25.7 Å². The Kier molecular flexibility index (Phi) is 3.61. The Bertz CT molecular complexity index is 407. The second-order valence-corrected chi connectivity index (χ2v) is 4.83. The van der Waals surface area contributed by atoms with Crippen LogP contribution in [-0.2, 0) is 19.1 Å². The van der Waals surface area contributed by atoms with Crippen LogP contribution in [0.5, 0.6) is 0 Å². The van der Waals surface area contributed by atoms with Crippen molar-refractivity contribution in [1.29, 1.82) is 0 Å². The van der Waals surface area contributed by atoms with E-state index in [0.29, 0.717) is 19.1 Å². The Morgan fingerprint density at radius 1 is 1.19 bits per heavy atom. The molecule has 0 aliphatic heterocycles. The highest BCUT2D eigenvalue weighted by Gasteiger charge is 2.48. The van der Waals surface area contributed by atoms with E-state index >= 15 is 0 Å². The lowest BCUT2D eigenvalue weighted by Gasteiger charge is -2.12. The number of ketones is 1. The SMILES string of the molecule is O=C1CCCC/C1=C/OS(=O)(=O)C(F)(F)F. The number of alkyl halides is 3. The van der Waals surface area contributed by atoms with E-state index in [-0.39, 0.29) is 24.2 Å². The van der Waals surface area contributed by atoms with Crippen LogP contribution in [0.25, 0.3) is 0 Å². The first-order valence-corrected chi connectivity index (χ1v) is 5.86. The number of rotatable bonds is 2. The monoisotopic (exact) mass is 258 g/mol. The van der Waals surface area contributed by atoms with Gasteiger partial charge in [0.15, 0.2) is 5.78 Å². The van der Waals surface area contributed by atoms with Gasteiger partial charge in [0.05, 0.1) is 0 Å². The number of carbonyl (C=O) groups is 1. The molecule has 0 aromatic carbocycles. The number of halogens is 3. The van der Waals surface area contributed by atoms with Crippen molar-refractivity contribution in [1.82, 2.24) is 0 Å². The molecule has 0 atom stereocenters. The first-order valence-electron chi connectivity index (χ1n) is 4.46. The smallest absolute Gasteiger partial charge is 0.384 e. The number of carbonyl (C=O) groups excluding carboxylic acids is 1. The van der Waals surface area contributed by atoms with Crippen LogP contribution < -0.4 is 0 Å². The molecule has 0 unspecified atom stereocenters. The van der Waals surface area contributed by atoms with Crippen LogP contribution in [0.2, 0.25) is 0 Å². The molecule has 4 nitrogen and oxygen atoms in total. The zero-order valence-electron chi connectivity index (χ0n) is 8.08. The Hall–Kier alpha value is -1.05. The lowest BCUT2D eigenvalue weighted by atomic mass is 9.95. The summed E-state index contributed by atoms with van der Waals surface area (Å²) < 4.78 is 60.2. The van der Waals surface area contributed by atoms with Gasteiger partial charge < -0.3 is 4.18 Å². The predicted molar refractivity (Wildman–Crippen MR) is 47.6 cm³/mol. The number of Topliss-reactive ketones (excluding diaryl/α,β-unsaturated/α-hetero) is 1. The minimum Gasteiger partial charge on any atom is -0.384 e. The van der Waals surface area contributed by atoms with Crippen LogP contribution in [0.15, 0.2) is 11.8 Å². The fourth-order valence-corrected chi connectivity index (χ4v) is 1.55. The number of hydrogen-bond donors (Lipinski definition) is 0. The van der Waals surface area contributed by atoms with E-state index in [9.17, 15) is 26.4 Å². The van der Waals surface area contributed by atoms with Crippen molar-refractivity contribution in [2.24, 2.45) is 0 Å². The Balaban J connectivity index is 2.76. The molecule has 0 N–H and O–H groups in total. The van der Waals surface area contributed by atoms with Crippen molar-refractivity contribution in [3.8, 4) is 0 Å². The Morgan fingerprint density at radius 2 is 1.75 bits per heavy atom. The maximum Gasteiger partial charge on any atom is 0.534 e. The van der Waals surface area contributed by atoms with E-state index in [1.54, 1.807) is 0 Å². The second kappa shape index (κ2) is 4.44. The van der Waals surface area contributed by atoms with Crippen LogP contribution in [0.3, 0.4) is 0 Å². The molecule has 1 fully saturated rings. The summed E-state index contributed by atoms with van der Waals surface area (Å²) in [5.41, 5.74) is -5.49. The van der Waals surface area contributed by atoms with Gasteiger partial charge in [0.2, 0.25) is 0 Å². The van der Waals surface area contributed by atoms with Crippen molar-refractivity contribution in [2.45, 2.75) is 31.2 Å². The second-order valence-electron chi connectivity index (χ2n) is 3.27. The lowest BCUT2D eigenvalue weighted by molar-refractivity contribution is -0.116. The van der Waals surface area contributed by atoms with Gasteiger partial charge in [-0.15, -0.1) is 0 Å². The van der Waals surface area contributed by atoms with Gasteiger partial charge in [-0.2, -0.15) is 21.6 Å². The zero-order valence-corrected chi connectivity index (χ0v) is 8.90. The molecular formula is C8H9F3O4S. The van der Waals surface area contributed by atoms with Gasteiger partial charge in [-0.3, -0.25) is 4.79 Å². The fourth-order valence-electron chi connectivity index (χ4n) is 1.20.